The Kier molecular flexibility index (Phi) is 7.93. The van der Waals surface area contributed by atoms with Gasteiger partial charge < -0.3 is 9.64 Å². The number of ether oxygens (including phenoxy) is 1. The number of halogens is 5. The van der Waals surface area contributed by atoms with E-state index >= 15 is 0 Å². The molecule has 2 aromatic carbocycles. The normalized spacial score (nSPS) is 11.4. The molecule has 0 N–H and O–H groups in total. The summed E-state index contributed by atoms with van der Waals surface area (Å²) in [6.45, 7) is 0.925. The van der Waals surface area contributed by atoms with Crippen LogP contribution in [0, 0.1) is 0 Å². The molecule has 1 aromatic heterocycles. The Bertz CT molecular complexity index is 1030. The first kappa shape index (κ1) is 24.2. The van der Waals surface area contributed by atoms with Gasteiger partial charge in [0.15, 0.2) is 5.13 Å². The number of aromatic nitrogens is 1. The summed E-state index contributed by atoms with van der Waals surface area (Å²) in [7, 11) is 3.75. The van der Waals surface area contributed by atoms with Gasteiger partial charge in [-0.2, -0.15) is 0 Å². The van der Waals surface area contributed by atoms with Crippen molar-refractivity contribution in [3.8, 4) is 5.75 Å². The molecule has 0 fully saturated rings. The SMILES string of the molecule is CN(C)CCN(C(=O)c1cccc(Cl)c1)c1nc2ccc(OC(F)(F)F)cc2s1.Cl. The number of carbonyl (C=O) groups excluding carboxylic acids is 1. The molecule has 11 heteroatoms. The lowest BCUT2D eigenvalue weighted by Gasteiger charge is -2.22. The number of amides is 1. The number of hydrogen-bond acceptors (Lipinski definition) is 5. The van der Waals surface area contributed by atoms with Crippen molar-refractivity contribution in [2.75, 3.05) is 32.1 Å². The molecule has 0 unspecified atom stereocenters. The summed E-state index contributed by atoms with van der Waals surface area (Å²) in [5.74, 6) is -0.624. The Hall–Kier alpha value is -2.07. The largest absolute Gasteiger partial charge is 0.573 e. The molecule has 0 bridgehead atoms. The summed E-state index contributed by atoms with van der Waals surface area (Å²) < 4.78 is 41.9. The van der Waals surface area contributed by atoms with Crippen LogP contribution in [0.3, 0.4) is 0 Å². The molecule has 0 aliphatic heterocycles. The number of benzene rings is 2. The van der Waals surface area contributed by atoms with Gasteiger partial charge in [-0.25, -0.2) is 4.98 Å². The third-order valence-corrected chi connectivity index (χ3v) is 5.18. The molecule has 0 aliphatic carbocycles. The molecular formula is C19H18Cl2F3N3O2S. The molecule has 3 aromatic rings. The second-order valence-corrected chi connectivity index (χ2v) is 7.89. The number of thiazole rings is 1. The zero-order valence-electron chi connectivity index (χ0n) is 15.9. The van der Waals surface area contributed by atoms with Crippen LogP contribution in [0.25, 0.3) is 10.2 Å². The van der Waals surface area contributed by atoms with Gasteiger partial charge in [0.25, 0.3) is 5.91 Å². The van der Waals surface area contributed by atoms with Crippen LogP contribution in [0.4, 0.5) is 18.3 Å². The quantitative estimate of drug-likeness (QED) is 0.469. The molecule has 0 atom stereocenters. The topological polar surface area (TPSA) is 45.7 Å². The second-order valence-electron chi connectivity index (χ2n) is 6.44. The molecule has 0 saturated carbocycles. The first-order valence-electron chi connectivity index (χ1n) is 8.51. The maximum absolute atomic E-state index is 13.1. The van der Waals surface area contributed by atoms with E-state index in [0.29, 0.717) is 39.0 Å². The van der Waals surface area contributed by atoms with E-state index in [1.807, 2.05) is 19.0 Å². The summed E-state index contributed by atoms with van der Waals surface area (Å²) in [6.07, 6.45) is -4.78. The van der Waals surface area contributed by atoms with Gasteiger partial charge in [-0.05, 0) is 44.4 Å². The van der Waals surface area contributed by atoms with Crippen LogP contribution in [0.15, 0.2) is 42.5 Å². The Morgan fingerprint density at radius 2 is 1.90 bits per heavy atom. The number of hydrogen-bond donors (Lipinski definition) is 0. The van der Waals surface area contributed by atoms with E-state index in [9.17, 15) is 18.0 Å². The van der Waals surface area contributed by atoms with E-state index in [4.69, 9.17) is 11.6 Å². The summed E-state index contributed by atoms with van der Waals surface area (Å²) >= 11 is 7.12. The van der Waals surface area contributed by atoms with Crippen molar-refractivity contribution < 1.29 is 22.7 Å². The predicted molar refractivity (Wildman–Crippen MR) is 115 cm³/mol. The fourth-order valence-electron chi connectivity index (χ4n) is 2.57. The number of likely N-dealkylation sites (N-methyl/N-ethyl adjacent to an activating group) is 1. The highest BCUT2D eigenvalue weighted by Crippen LogP contribution is 2.34. The van der Waals surface area contributed by atoms with Crippen LogP contribution in [-0.4, -0.2) is 49.3 Å². The molecule has 1 heterocycles. The maximum Gasteiger partial charge on any atom is 0.573 e. The van der Waals surface area contributed by atoms with E-state index in [1.165, 1.54) is 23.1 Å². The predicted octanol–water partition coefficient (Wildman–Crippen LogP) is 5.48. The zero-order chi connectivity index (χ0) is 21.2. The molecule has 0 aliphatic rings. The third kappa shape index (κ3) is 6.21. The van der Waals surface area contributed by atoms with Gasteiger partial charge in [0.1, 0.15) is 5.75 Å². The number of rotatable bonds is 6. The molecule has 0 saturated heterocycles. The number of carbonyl (C=O) groups is 1. The van der Waals surface area contributed by atoms with Gasteiger partial charge in [0, 0.05) is 29.7 Å². The van der Waals surface area contributed by atoms with Gasteiger partial charge in [-0.1, -0.05) is 29.0 Å². The third-order valence-electron chi connectivity index (χ3n) is 3.90. The molecule has 162 valence electrons. The Morgan fingerprint density at radius 3 is 2.53 bits per heavy atom. The number of fused-ring (bicyclic) bond motifs is 1. The second kappa shape index (κ2) is 9.82. The van der Waals surface area contributed by atoms with Crippen molar-refractivity contribution >= 4 is 56.6 Å². The molecule has 1 amide bonds. The average molecular weight is 480 g/mol. The van der Waals surface area contributed by atoms with Crippen molar-refractivity contribution in [2.45, 2.75) is 6.36 Å². The molecule has 0 spiro atoms. The van der Waals surface area contributed by atoms with Crippen LogP contribution in [-0.2, 0) is 0 Å². The lowest BCUT2D eigenvalue weighted by Crippen LogP contribution is -2.36. The Labute approximate surface area is 186 Å². The molecule has 5 nitrogen and oxygen atoms in total. The maximum atomic E-state index is 13.1. The van der Waals surface area contributed by atoms with Crippen molar-refractivity contribution in [3.05, 3.63) is 53.1 Å². The molecule has 0 radical (unpaired) electrons. The summed E-state index contributed by atoms with van der Waals surface area (Å²) in [5, 5.41) is 0.817. The van der Waals surface area contributed by atoms with E-state index in [1.54, 1.807) is 24.3 Å². The van der Waals surface area contributed by atoms with Gasteiger partial charge in [-0.3, -0.25) is 9.69 Å². The number of nitrogens with zero attached hydrogens (tertiary/aromatic N) is 3. The minimum Gasteiger partial charge on any atom is -0.406 e. The summed E-state index contributed by atoms with van der Waals surface area (Å²) in [5.41, 5.74) is 0.880. The summed E-state index contributed by atoms with van der Waals surface area (Å²) in [6, 6.07) is 10.5. The van der Waals surface area contributed by atoms with Gasteiger partial charge in [-0.15, -0.1) is 25.6 Å². The zero-order valence-corrected chi connectivity index (χ0v) is 18.3. The Balaban J connectivity index is 0.00000320. The van der Waals surface area contributed by atoms with Gasteiger partial charge >= 0.3 is 6.36 Å². The van der Waals surface area contributed by atoms with Crippen LogP contribution in [0.5, 0.6) is 5.75 Å². The van der Waals surface area contributed by atoms with Crippen LogP contribution in [0.1, 0.15) is 10.4 Å². The standard InChI is InChI=1S/C19H17ClF3N3O2S.ClH/c1-25(2)8-9-26(17(27)12-4-3-5-13(20)10-12)18-24-15-7-6-14(11-16(15)29-18)28-19(21,22)23;/h3-7,10-11H,8-9H2,1-2H3;1H. The van der Waals surface area contributed by atoms with E-state index in [-0.39, 0.29) is 24.1 Å². The smallest absolute Gasteiger partial charge is 0.406 e. The van der Waals surface area contributed by atoms with Gasteiger partial charge in [0.2, 0.25) is 0 Å². The number of alkyl halides is 3. The highest BCUT2D eigenvalue weighted by molar-refractivity contribution is 7.22. The first-order valence-corrected chi connectivity index (χ1v) is 9.70. The molecule has 30 heavy (non-hydrogen) atoms. The first-order chi connectivity index (χ1) is 13.6. The number of anilines is 1. The fraction of sp³-hybridized carbons (Fsp3) is 0.263. The lowest BCUT2D eigenvalue weighted by atomic mass is 10.2. The van der Waals surface area contributed by atoms with E-state index in [0.717, 1.165) is 11.3 Å². The van der Waals surface area contributed by atoms with Crippen LogP contribution < -0.4 is 9.64 Å². The monoisotopic (exact) mass is 479 g/mol. The van der Waals surface area contributed by atoms with E-state index < -0.39 is 6.36 Å². The minimum absolute atomic E-state index is 0. The molecule has 3 rings (SSSR count). The van der Waals surface area contributed by atoms with Crippen LogP contribution >= 0.6 is 35.3 Å². The van der Waals surface area contributed by atoms with Crippen molar-refractivity contribution in [1.82, 2.24) is 9.88 Å². The average Bonchev–Trinajstić information content (AvgIpc) is 3.03. The van der Waals surface area contributed by atoms with Crippen molar-refractivity contribution in [2.24, 2.45) is 0 Å². The van der Waals surface area contributed by atoms with Crippen molar-refractivity contribution in [3.63, 3.8) is 0 Å². The van der Waals surface area contributed by atoms with Crippen molar-refractivity contribution in [1.29, 1.82) is 0 Å². The fourth-order valence-corrected chi connectivity index (χ4v) is 3.78. The summed E-state index contributed by atoms with van der Waals surface area (Å²) in [4.78, 5) is 20.9. The minimum atomic E-state index is -4.78. The Morgan fingerprint density at radius 1 is 1.17 bits per heavy atom. The highest BCUT2D eigenvalue weighted by Gasteiger charge is 2.31. The molecular weight excluding hydrogens is 462 g/mol. The lowest BCUT2D eigenvalue weighted by molar-refractivity contribution is -0.274. The van der Waals surface area contributed by atoms with Crippen LogP contribution in [0.2, 0.25) is 5.02 Å². The van der Waals surface area contributed by atoms with Gasteiger partial charge in [0.05, 0.1) is 10.2 Å². The highest BCUT2D eigenvalue weighted by atomic mass is 35.5. The van der Waals surface area contributed by atoms with E-state index in [2.05, 4.69) is 9.72 Å².